The quantitative estimate of drug-likeness (QED) is 0.453. The maximum Gasteiger partial charge on any atom is 1.00 e. The molecule has 0 atom stereocenters. The molecule has 1 rings (SSSR count). The minimum absolute atomic E-state index is 0. The molecule has 0 aliphatic rings. The first kappa shape index (κ1) is 13.1. The van der Waals surface area contributed by atoms with Gasteiger partial charge in [0.1, 0.15) is 0 Å². The fourth-order valence-electron chi connectivity index (χ4n) is 0.693. The van der Waals surface area contributed by atoms with E-state index in [4.69, 9.17) is 0 Å². The average molecular weight is 216 g/mol. The normalized spacial score (nSPS) is 10.7. The zero-order chi connectivity index (χ0) is 8.48. The minimum Gasteiger partial charge on any atom is -0.445 e. The Morgan fingerprint density at radius 2 is 1.42 bits per heavy atom. The van der Waals surface area contributed by atoms with Crippen LogP contribution in [0, 0.1) is 0 Å². The van der Waals surface area contributed by atoms with Crippen LogP contribution in [-0.4, -0.2) is 6.98 Å². The Hall–Kier alpha value is 1.06. The summed E-state index contributed by atoms with van der Waals surface area (Å²) in [5, 5.41) is 0. The van der Waals surface area contributed by atoms with Gasteiger partial charge in [0.05, 0.1) is 0 Å². The van der Waals surface area contributed by atoms with Crippen LogP contribution in [0.2, 0.25) is 0 Å². The molecule has 0 N–H and O–H groups in total. The predicted molar refractivity (Wildman–Crippen MR) is 42.4 cm³/mol. The molecule has 60 valence electrons. The smallest absolute Gasteiger partial charge is 0.445 e. The van der Waals surface area contributed by atoms with Crippen LogP contribution in [0.3, 0.4) is 0 Å². The van der Waals surface area contributed by atoms with Gasteiger partial charge in [-0.15, -0.1) is 18.1 Å². The van der Waals surface area contributed by atoms with Gasteiger partial charge in [0.2, 0.25) is 0 Å². The maximum absolute atomic E-state index is 12.0. The largest absolute Gasteiger partial charge is 1.00 e. The molecule has 0 radical (unpaired) electrons. The van der Waals surface area contributed by atoms with E-state index in [0.29, 0.717) is 4.90 Å². The molecule has 0 spiro atoms. The fraction of sp³-hybridized carbons (Fsp3) is 0. The van der Waals surface area contributed by atoms with Crippen LogP contribution in [-0.2, 0) is 0 Å². The molecule has 0 unspecified atom stereocenters. The summed E-state index contributed by atoms with van der Waals surface area (Å²) in [6.07, 6.45) is 0. The number of benzene rings is 1. The van der Waals surface area contributed by atoms with Crippen molar-refractivity contribution in [2.45, 2.75) is 4.90 Å². The first-order chi connectivity index (χ1) is 5.00. The molecule has 0 bridgehead atoms. The van der Waals surface area contributed by atoms with E-state index in [1.165, 1.54) is 12.1 Å². The third kappa shape index (κ3) is 3.85. The van der Waals surface area contributed by atoms with Gasteiger partial charge in [-0.3, -0.25) is 0 Å². The van der Waals surface area contributed by atoms with E-state index in [-0.39, 0.29) is 51.4 Å². The van der Waals surface area contributed by atoms with Crippen LogP contribution in [0.4, 0.5) is 12.9 Å². The van der Waals surface area contributed by atoms with Gasteiger partial charge in [0, 0.05) is 4.90 Å². The van der Waals surface area contributed by atoms with Crippen molar-refractivity contribution in [1.82, 2.24) is 0 Å². The summed E-state index contributed by atoms with van der Waals surface area (Å²) in [4.78, 5) is 0.536. The summed E-state index contributed by atoms with van der Waals surface area (Å²) in [7, 11) is 0. The maximum atomic E-state index is 12.0. The van der Waals surface area contributed by atoms with Crippen molar-refractivity contribution in [2.24, 2.45) is 0 Å². The van der Waals surface area contributed by atoms with Crippen LogP contribution in [0.1, 0.15) is 0 Å². The summed E-state index contributed by atoms with van der Waals surface area (Å²) < 4.78 is 35.9. The first-order valence-corrected chi connectivity index (χ1v) is 3.44. The minimum atomic E-state index is -4.85. The van der Waals surface area contributed by atoms with Crippen molar-refractivity contribution in [3.63, 3.8) is 0 Å². The zero-order valence-electron chi connectivity index (χ0n) is 6.47. The van der Waals surface area contributed by atoms with Gasteiger partial charge < -0.3 is 12.9 Å². The Balaban J connectivity index is 0.00000121. The molecular formula is C6H5BF3KS. The summed E-state index contributed by atoms with van der Waals surface area (Å²) >= 11 is 3.87. The Bertz CT molecular complexity index is 246. The van der Waals surface area contributed by atoms with Gasteiger partial charge in [-0.25, -0.2) is 0 Å². The molecule has 0 saturated heterocycles. The van der Waals surface area contributed by atoms with Gasteiger partial charge in [0.25, 0.3) is 0 Å². The predicted octanol–water partition coefficient (Wildman–Crippen LogP) is -0.966. The van der Waals surface area contributed by atoms with E-state index in [0.717, 1.165) is 12.1 Å². The summed E-state index contributed by atoms with van der Waals surface area (Å²) in [5.41, 5.74) is -0.581. The molecule has 6 heteroatoms. The molecule has 0 heterocycles. The molecule has 0 aliphatic carbocycles. The van der Waals surface area contributed by atoms with Gasteiger partial charge in [-0.1, -0.05) is 24.3 Å². The van der Waals surface area contributed by atoms with Crippen LogP contribution in [0.15, 0.2) is 29.2 Å². The third-order valence-corrected chi connectivity index (χ3v) is 1.57. The van der Waals surface area contributed by atoms with Crippen molar-refractivity contribution in [3.05, 3.63) is 24.3 Å². The second-order valence-electron chi connectivity index (χ2n) is 2.17. The number of thiol groups is 1. The first-order valence-electron chi connectivity index (χ1n) is 2.99. The third-order valence-electron chi connectivity index (χ3n) is 1.27. The number of rotatable bonds is 1. The number of hydrogen-bond donors (Lipinski definition) is 1. The molecule has 0 amide bonds. The standard InChI is InChI=1S/C6H5BF3S.K/c8-7(9,10)5-1-3-6(11)4-2-5;/h1-4,11H;/q-1;+1. The summed E-state index contributed by atoms with van der Waals surface area (Å²) in [6, 6.07) is 4.71. The second-order valence-corrected chi connectivity index (χ2v) is 2.68. The van der Waals surface area contributed by atoms with E-state index in [2.05, 4.69) is 12.6 Å². The molecule has 0 nitrogen and oxygen atoms in total. The van der Waals surface area contributed by atoms with Crippen LogP contribution in [0.25, 0.3) is 0 Å². The second kappa shape index (κ2) is 5.07. The van der Waals surface area contributed by atoms with Crippen molar-refractivity contribution in [1.29, 1.82) is 0 Å². The van der Waals surface area contributed by atoms with Crippen LogP contribution >= 0.6 is 12.6 Å². The van der Waals surface area contributed by atoms with E-state index >= 15 is 0 Å². The van der Waals surface area contributed by atoms with Crippen LogP contribution in [0.5, 0.6) is 0 Å². The van der Waals surface area contributed by atoms with Crippen LogP contribution < -0.4 is 56.8 Å². The van der Waals surface area contributed by atoms with Gasteiger partial charge >= 0.3 is 58.4 Å². The monoisotopic (exact) mass is 216 g/mol. The Labute approximate surface area is 117 Å². The van der Waals surface area contributed by atoms with Gasteiger partial charge in [-0.2, -0.15) is 0 Å². The summed E-state index contributed by atoms with van der Waals surface area (Å²) in [5.74, 6) is 0. The molecule has 0 aromatic heterocycles. The Morgan fingerprint density at radius 3 is 1.75 bits per heavy atom. The average Bonchev–Trinajstić information content (AvgIpc) is 1.86. The van der Waals surface area contributed by atoms with Crippen molar-refractivity contribution in [2.75, 3.05) is 0 Å². The van der Waals surface area contributed by atoms with Crippen molar-refractivity contribution in [3.8, 4) is 0 Å². The fourth-order valence-corrected chi connectivity index (χ4v) is 0.842. The molecular weight excluding hydrogens is 211 g/mol. The molecule has 1 aromatic rings. The van der Waals surface area contributed by atoms with Crippen molar-refractivity contribution < 1.29 is 64.3 Å². The molecule has 0 aliphatic heterocycles. The SMILES string of the molecule is F[B-](F)(F)c1ccc(S)cc1.[K+]. The van der Waals surface area contributed by atoms with E-state index in [1.807, 2.05) is 0 Å². The van der Waals surface area contributed by atoms with Gasteiger partial charge in [0.15, 0.2) is 0 Å². The Morgan fingerprint density at radius 1 is 1.00 bits per heavy atom. The van der Waals surface area contributed by atoms with E-state index < -0.39 is 12.4 Å². The van der Waals surface area contributed by atoms with Gasteiger partial charge in [-0.05, 0) is 0 Å². The molecule has 0 fully saturated rings. The summed E-state index contributed by atoms with van der Waals surface area (Å²) in [6.45, 7) is -4.85. The number of hydrogen-bond acceptors (Lipinski definition) is 1. The van der Waals surface area contributed by atoms with E-state index in [1.54, 1.807) is 0 Å². The number of halogens is 3. The molecule has 1 aromatic carbocycles. The molecule has 12 heavy (non-hydrogen) atoms. The van der Waals surface area contributed by atoms with E-state index in [9.17, 15) is 12.9 Å². The zero-order valence-corrected chi connectivity index (χ0v) is 10.5. The van der Waals surface area contributed by atoms with Crippen molar-refractivity contribution >= 4 is 25.1 Å². The topological polar surface area (TPSA) is 0 Å². The Kier molecular flexibility index (Phi) is 5.52. The molecule has 0 saturated carbocycles.